The quantitative estimate of drug-likeness (QED) is 0.800. The van der Waals surface area contributed by atoms with Crippen molar-refractivity contribution < 1.29 is 4.39 Å². The zero-order valence-corrected chi connectivity index (χ0v) is 11.6. The fraction of sp³-hybridized carbons (Fsp3) is 0.133. The molecular formula is C15H14FN3S. The van der Waals surface area contributed by atoms with E-state index in [4.69, 9.17) is 5.73 Å². The van der Waals surface area contributed by atoms with Crippen LogP contribution in [0.1, 0.15) is 5.69 Å². The fourth-order valence-electron chi connectivity index (χ4n) is 2.08. The van der Waals surface area contributed by atoms with Crippen molar-refractivity contribution in [1.82, 2.24) is 9.78 Å². The number of hydrogen-bond donors (Lipinski definition) is 1. The van der Waals surface area contributed by atoms with Gasteiger partial charge < -0.3 is 5.73 Å². The third-order valence-corrected chi connectivity index (χ3v) is 3.90. The Kier molecular flexibility index (Phi) is 3.62. The maximum atomic E-state index is 13.1. The molecule has 0 aliphatic heterocycles. The van der Waals surface area contributed by atoms with Crippen molar-refractivity contribution in [2.24, 2.45) is 5.73 Å². The van der Waals surface area contributed by atoms with Crippen LogP contribution >= 0.6 is 11.3 Å². The van der Waals surface area contributed by atoms with Crippen LogP contribution in [0.3, 0.4) is 0 Å². The molecule has 0 saturated heterocycles. The Morgan fingerprint density at radius 3 is 2.65 bits per heavy atom. The van der Waals surface area contributed by atoms with Crippen LogP contribution in [-0.2, 0) is 6.42 Å². The van der Waals surface area contributed by atoms with Crippen LogP contribution in [0.5, 0.6) is 0 Å². The number of thiophene rings is 1. The molecule has 5 heteroatoms. The topological polar surface area (TPSA) is 43.8 Å². The maximum absolute atomic E-state index is 13.1. The molecule has 0 fully saturated rings. The number of hydrogen-bond acceptors (Lipinski definition) is 3. The summed E-state index contributed by atoms with van der Waals surface area (Å²) in [6.07, 6.45) is 0.729. The molecule has 0 unspecified atom stereocenters. The zero-order valence-electron chi connectivity index (χ0n) is 10.8. The van der Waals surface area contributed by atoms with Crippen molar-refractivity contribution in [3.8, 4) is 16.3 Å². The number of nitrogens with two attached hydrogens (primary N) is 1. The summed E-state index contributed by atoms with van der Waals surface area (Å²) in [5, 5.41) is 6.60. The van der Waals surface area contributed by atoms with E-state index < -0.39 is 0 Å². The first kappa shape index (κ1) is 13.0. The van der Waals surface area contributed by atoms with Crippen LogP contribution in [0.2, 0.25) is 0 Å². The summed E-state index contributed by atoms with van der Waals surface area (Å²) in [7, 11) is 0. The van der Waals surface area contributed by atoms with Crippen LogP contribution in [0.25, 0.3) is 16.3 Å². The summed E-state index contributed by atoms with van der Waals surface area (Å²) in [6.45, 7) is 0.560. The van der Waals surface area contributed by atoms with Gasteiger partial charge in [-0.25, -0.2) is 9.07 Å². The van der Waals surface area contributed by atoms with Gasteiger partial charge >= 0.3 is 0 Å². The molecule has 102 valence electrons. The van der Waals surface area contributed by atoms with Crippen molar-refractivity contribution in [3.05, 3.63) is 59.4 Å². The normalized spacial score (nSPS) is 10.9. The van der Waals surface area contributed by atoms with Gasteiger partial charge in [0.05, 0.1) is 22.0 Å². The molecule has 0 radical (unpaired) electrons. The monoisotopic (exact) mass is 287 g/mol. The Bertz CT molecular complexity index is 686. The first-order valence-corrected chi connectivity index (χ1v) is 7.25. The van der Waals surface area contributed by atoms with Crippen molar-refractivity contribution in [2.45, 2.75) is 6.42 Å². The molecule has 3 rings (SSSR count). The molecule has 0 bridgehead atoms. The van der Waals surface area contributed by atoms with E-state index in [9.17, 15) is 4.39 Å². The molecule has 0 atom stereocenters. The first-order valence-electron chi connectivity index (χ1n) is 6.37. The predicted octanol–water partition coefficient (Wildman–Crippen LogP) is 3.24. The molecule has 0 spiro atoms. The molecule has 2 N–H and O–H groups in total. The smallest absolute Gasteiger partial charge is 0.123 e. The second-order valence-electron chi connectivity index (χ2n) is 4.43. The third-order valence-electron chi connectivity index (χ3n) is 3.01. The highest BCUT2D eigenvalue weighted by Gasteiger charge is 2.12. The van der Waals surface area contributed by atoms with Gasteiger partial charge in [0.1, 0.15) is 5.82 Å². The number of halogens is 1. The summed E-state index contributed by atoms with van der Waals surface area (Å²) in [4.78, 5) is 1.13. The maximum Gasteiger partial charge on any atom is 0.123 e. The lowest BCUT2D eigenvalue weighted by Gasteiger charge is -2.05. The Hall–Kier alpha value is -1.98. The number of rotatable bonds is 4. The molecule has 0 saturated carbocycles. The SMILES string of the molecule is NCCc1cc(-c2cccs2)n(-c2ccc(F)cc2)n1. The minimum atomic E-state index is -0.249. The molecule has 0 amide bonds. The second-order valence-corrected chi connectivity index (χ2v) is 5.37. The Balaban J connectivity index is 2.10. The van der Waals surface area contributed by atoms with E-state index in [-0.39, 0.29) is 5.82 Å². The van der Waals surface area contributed by atoms with Gasteiger partial charge in [0.2, 0.25) is 0 Å². The van der Waals surface area contributed by atoms with E-state index >= 15 is 0 Å². The number of benzene rings is 1. The van der Waals surface area contributed by atoms with Crippen LogP contribution in [0.4, 0.5) is 4.39 Å². The van der Waals surface area contributed by atoms with E-state index in [1.165, 1.54) is 12.1 Å². The third kappa shape index (κ3) is 2.50. The van der Waals surface area contributed by atoms with Crippen molar-refractivity contribution in [1.29, 1.82) is 0 Å². The molecule has 2 heterocycles. The van der Waals surface area contributed by atoms with Gasteiger partial charge in [-0.2, -0.15) is 5.10 Å². The average Bonchev–Trinajstić information content (AvgIpc) is 3.08. The summed E-state index contributed by atoms with van der Waals surface area (Å²) in [6, 6.07) is 12.4. The fourth-order valence-corrected chi connectivity index (χ4v) is 2.81. The molecule has 1 aromatic carbocycles. The predicted molar refractivity (Wildman–Crippen MR) is 79.6 cm³/mol. The highest BCUT2D eigenvalue weighted by Crippen LogP contribution is 2.28. The van der Waals surface area contributed by atoms with Gasteiger partial charge in [0, 0.05) is 6.42 Å². The van der Waals surface area contributed by atoms with Crippen LogP contribution in [-0.4, -0.2) is 16.3 Å². The lowest BCUT2D eigenvalue weighted by molar-refractivity contribution is 0.627. The highest BCUT2D eigenvalue weighted by atomic mass is 32.1. The summed E-state index contributed by atoms with van der Waals surface area (Å²) in [5.74, 6) is -0.249. The number of nitrogens with zero attached hydrogens (tertiary/aromatic N) is 2. The largest absolute Gasteiger partial charge is 0.330 e. The van der Waals surface area contributed by atoms with Gasteiger partial charge in [0.25, 0.3) is 0 Å². The zero-order chi connectivity index (χ0) is 13.9. The van der Waals surface area contributed by atoms with Gasteiger partial charge in [0.15, 0.2) is 0 Å². The van der Waals surface area contributed by atoms with Gasteiger partial charge in [-0.15, -0.1) is 11.3 Å². The molecule has 0 aliphatic carbocycles. The van der Waals surface area contributed by atoms with Gasteiger partial charge in [-0.1, -0.05) is 6.07 Å². The van der Waals surface area contributed by atoms with Crippen LogP contribution in [0.15, 0.2) is 47.8 Å². The van der Waals surface area contributed by atoms with Gasteiger partial charge in [-0.3, -0.25) is 0 Å². The van der Waals surface area contributed by atoms with Crippen LogP contribution in [0, 0.1) is 5.82 Å². The average molecular weight is 287 g/mol. The summed E-state index contributed by atoms with van der Waals surface area (Å²) in [5.41, 5.74) is 8.40. The van der Waals surface area contributed by atoms with E-state index in [2.05, 4.69) is 5.10 Å². The van der Waals surface area contributed by atoms with Crippen LogP contribution < -0.4 is 5.73 Å². The number of aromatic nitrogens is 2. The molecule has 3 aromatic rings. The molecule has 3 nitrogen and oxygen atoms in total. The standard InChI is InChI=1S/C15H14FN3S/c16-11-3-5-13(6-4-11)19-14(15-2-1-9-20-15)10-12(18-19)7-8-17/h1-6,9-10H,7-8,17H2. The summed E-state index contributed by atoms with van der Waals surface area (Å²) >= 11 is 1.65. The molecule has 0 aliphatic rings. The second kappa shape index (κ2) is 5.56. The minimum absolute atomic E-state index is 0.249. The van der Waals surface area contributed by atoms with Gasteiger partial charge in [-0.05, 0) is 48.3 Å². The lowest BCUT2D eigenvalue weighted by Crippen LogP contribution is -2.04. The lowest BCUT2D eigenvalue weighted by atomic mass is 10.2. The highest BCUT2D eigenvalue weighted by molar-refractivity contribution is 7.13. The van der Waals surface area contributed by atoms with E-state index in [0.29, 0.717) is 6.54 Å². The van der Waals surface area contributed by atoms with E-state index in [0.717, 1.165) is 28.4 Å². The van der Waals surface area contributed by atoms with Crippen molar-refractivity contribution in [3.63, 3.8) is 0 Å². The summed E-state index contributed by atoms with van der Waals surface area (Å²) < 4.78 is 14.9. The Morgan fingerprint density at radius 2 is 2.00 bits per heavy atom. The molecule has 2 aromatic heterocycles. The molecule has 20 heavy (non-hydrogen) atoms. The minimum Gasteiger partial charge on any atom is -0.330 e. The van der Waals surface area contributed by atoms with E-state index in [1.54, 1.807) is 23.5 Å². The Morgan fingerprint density at radius 1 is 1.20 bits per heavy atom. The van der Waals surface area contributed by atoms with Crippen molar-refractivity contribution >= 4 is 11.3 Å². The van der Waals surface area contributed by atoms with Crippen molar-refractivity contribution in [2.75, 3.05) is 6.54 Å². The Labute approximate surface area is 120 Å². The molecular weight excluding hydrogens is 273 g/mol. The first-order chi connectivity index (χ1) is 9.78. The van der Waals surface area contributed by atoms with E-state index in [1.807, 2.05) is 28.3 Å².